The van der Waals surface area contributed by atoms with Crippen LogP contribution in [0.4, 0.5) is 4.39 Å². The van der Waals surface area contributed by atoms with E-state index in [0.717, 1.165) is 114 Å². The van der Waals surface area contributed by atoms with Gasteiger partial charge in [0.1, 0.15) is 0 Å². The molecule has 18 aromatic rings. The summed E-state index contributed by atoms with van der Waals surface area (Å²) in [5, 5.41) is 5.94. The number of benzene rings is 6. The van der Waals surface area contributed by atoms with Gasteiger partial charge in [-0.3, -0.25) is 4.39 Å². The molecule has 0 atom stereocenters. The maximum Gasteiger partial charge on any atom is 0.216 e. The van der Waals surface area contributed by atoms with Crippen molar-refractivity contribution in [1.29, 1.82) is 0 Å². The van der Waals surface area contributed by atoms with Gasteiger partial charge in [0, 0.05) is 171 Å². The normalized spacial score (nSPS) is 17.0. The second-order valence-corrected chi connectivity index (χ2v) is 54.0. The van der Waals surface area contributed by atoms with Crippen molar-refractivity contribution < 1.29 is 112 Å². The molecule has 3 radical (unpaired) electrons. The summed E-state index contributed by atoms with van der Waals surface area (Å²) in [6.45, 7) is 27.4. The van der Waals surface area contributed by atoms with Crippen molar-refractivity contribution in [3.05, 3.63) is 323 Å². The zero-order chi connectivity index (χ0) is 118. The summed E-state index contributed by atoms with van der Waals surface area (Å²) in [5.41, 5.74) is 11.4. The Morgan fingerprint density at radius 2 is 0.878 bits per heavy atom. The van der Waals surface area contributed by atoms with Gasteiger partial charge in [-0.05, 0) is 215 Å². The number of aromatic nitrogens is 9. The number of nitrogens with zero attached hydrogens (tertiary/aromatic N) is 9. The number of hydrogen-bond acceptors (Lipinski definition) is 12. The summed E-state index contributed by atoms with van der Waals surface area (Å²) < 4.78 is 236. The van der Waals surface area contributed by atoms with Crippen LogP contribution in [-0.4, -0.2) is 69.1 Å². The quantitative estimate of drug-likeness (QED) is 0.0629. The smallest absolute Gasteiger partial charge is 0.216 e. The van der Waals surface area contributed by atoms with Gasteiger partial charge in [-0.1, -0.05) is 246 Å². The molecule has 0 amide bonds. The van der Waals surface area contributed by atoms with Crippen LogP contribution in [0.1, 0.15) is 203 Å². The summed E-state index contributed by atoms with van der Waals surface area (Å²) in [6, 6.07) is 71.0. The van der Waals surface area contributed by atoms with Crippen LogP contribution in [0.2, 0.25) is 58.9 Å². The summed E-state index contributed by atoms with van der Waals surface area (Å²) in [5.74, 6) is -2.01. The number of aryl methyl sites for hydroxylation is 6. The van der Waals surface area contributed by atoms with E-state index in [1.54, 1.807) is 38.2 Å². The molecule has 12 nitrogen and oxygen atoms in total. The van der Waals surface area contributed by atoms with Gasteiger partial charge < -0.3 is 43.2 Å². The van der Waals surface area contributed by atoms with Crippen LogP contribution in [0, 0.1) is 92.8 Å². The first-order valence-electron chi connectivity index (χ1n) is 58.5. The van der Waals surface area contributed by atoms with Crippen molar-refractivity contribution in [2.45, 2.75) is 231 Å². The number of halogens is 1. The number of pyridine rings is 9. The SMILES string of the molecule is [2H]C([2H])([2H])c1ccc2c(n1)oc1c(-c3cc(C([2H])([2H])C4CCCC4)c(C([2H])(C)C)cn3)[c-]cc(F)c12.[2H]C([2H])([2H])c1ccc2c(n1)oc1c(-c3cc4c(cn3)C([2H])([2H])CCC4([2H])[2H])[c-]cc(C([2H])([2H])[2H])c12.[2H]C([2H])([2H])c1ccc2c(n1)oc1c(-c3ccccn3)[c-]ccc12.[2H]C([2H])(c1cc(-c2[c-]cccc2)ncc1[Si](C)(C)C)C(C)(C)C.[2H]C([2H])(c1cc(-c2[c-]cccc2)ncc1[Si](C)(C)C)C(C)C.[2H]C([2H])(c1cc(-c2[c-]cccc2)ncc1[Si](C)(C)C)C(C)C.[Ir].[Ir].[Ir]. The maximum absolute atomic E-state index is 14.9. The fourth-order valence-electron chi connectivity index (χ4n) is 16.4. The topological polar surface area (TPSA) is 155 Å². The van der Waals surface area contributed by atoms with Crippen molar-refractivity contribution in [2.24, 2.45) is 23.2 Å². The molecule has 20 rings (SSSR count). The van der Waals surface area contributed by atoms with Gasteiger partial charge >= 0.3 is 0 Å². The maximum atomic E-state index is 14.9. The Bertz CT molecular complexity index is 8310. The van der Waals surface area contributed by atoms with Crippen LogP contribution in [0.15, 0.2) is 232 Å². The minimum Gasteiger partial charge on any atom is -0.486 e. The van der Waals surface area contributed by atoms with Crippen LogP contribution in [0.5, 0.6) is 0 Å². The Morgan fingerprint density at radius 1 is 0.432 bits per heavy atom. The van der Waals surface area contributed by atoms with E-state index >= 15 is 0 Å². The van der Waals surface area contributed by atoms with E-state index in [1.807, 2.05) is 182 Å². The molecule has 6 aromatic carbocycles. The van der Waals surface area contributed by atoms with E-state index in [-0.39, 0.29) is 169 Å². The molecule has 0 saturated heterocycles. The Kier molecular flexibility index (Phi) is 26.1. The third-order valence-electron chi connectivity index (χ3n) is 22.8. The first-order chi connectivity index (χ1) is 74.6. The van der Waals surface area contributed by atoms with E-state index in [0.29, 0.717) is 44.5 Å². The monoisotopic (exact) mass is 2450 g/mol. The fraction of sp³-hybridized carbons (Fsp3) is 0.325. The first-order valence-corrected chi connectivity index (χ1v) is 56.5. The van der Waals surface area contributed by atoms with Crippen molar-refractivity contribution in [3.63, 3.8) is 0 Å². The number of furan rings is 3. The molecule has 12 aromatic heterocycles. The van der Waals surface area contributed by atoms with Gasteiger partial charge in [0.2, 0.25) is 17.1 Å². The summed E-state index contributed by atoms with van der Waals surface area (Å²) in [6.07, 6.45) is 4.37. The van der Waals surface area contributed by atoms with Crippen LogP contribution < -0.4 is 15.6 Å². The van der Waals surface area contributed by atoms with Gasteiger partial charge in [0.15, 0.2) is 0 Å². The molecule has 19 heteroatoms. The molecular formula is C120H130FIr3N9O3Si3-6. The van der Waals surface area contributed by atoms with Crippen LogP contribution in [-0.2, 0) is 98.6 Å². The zero-order valence-electron chi connectivity index (χ0n) is 106. The van der Waals surface area contributed by atoms with Gasteiger partial charge in [-0.25, -0.2) is 15.0 Å². The second kappa shape index (κ2) is 47.0. The van der Waals surface area contributed by atoms with E-state index in [2.05, 4.69) is 140 Å². The van der Waals surface area contributed by atoms with Crippen molar-refractivity contribution in [3.8, 4) is 67.5 Å². The van der Waals surface area contributed by atoms with Gasteiger partial charge in [0.25, 0.3) is 0 Å². The molecule has 0 spiro atoms. The summed E-state index contributed by atoms with van der Waals surface area (Å²) in [7, 11) is -5.04. The Balaban J connectivity index is 0.000000174. The number of hydrogen-bond donors (Lipinski definition) is 0. The molecule has 0 aliphatic heterocycles. The third-order valence-corrected chi connectivity index (χ3v) is 28.9. The fourth-order valence-corrected chi connectivity index (χ4v) is 20.6. The van der Waals surface area contributed by atoms with E-state index in [9.17, 15) is 4.39 Å². The standard InChI is InChI=1S/C26H26FN2O.C22H19N2O.C19H26NSi.2C18H24NSi.C17H11N2O.3Ir/c1-15(2)21-14-28-23(13-18(21)12-17-6-4-5-7-17)19-10-11-22(27)24-20-9-8-16(3)29-26(20)30-25(19)24;1-13-7-9-17(19-11-15-5-3-4-6-16(15)12-23-19)21-20(13)18-10-8-14(2)24-22(18)25-21;1-19(2,3)13-16-12-17(15-10-8-7-9-11-15)20-14-18(16)21(4,5)6;2*1-14(2)11-16-12-17(15-9-7-6-8-10-15)19-13-18(16)20(3,4)5;1-11-8-9-13-12-5-4-6-14(15-7-2-3-10-18-15)16(12)20-17(13)19-11;;;/h8-9,11,13-15,17H,4-7,12H2,1-3H3;7-8,10-12H,3-6H2,1-2H3;7-10,12,14H,13H2,1-6H3;2*6-9,12-14H,11H2,1-5H3;2-5,7-10H,1H3;;;/q6*-1;;;/i3D3,12D2,15D;1D3,2D3,5D2,6D2;13D2;2*11D2;1D3;;;. The third kappa shape index (κ3) is 26.7. The molecule has 0 bridgehead atoms. The Hall–Kier alpha value is -10.4. The Morgan fingerprint density at radius 3 is 1.36 bits per heavy atom. The van der Waals surface area contributed by atoms with Crippen LogP contribution >= 0.6 is 0 Å². The van der Waals surface area contributed by atoms with E-state index in [4.69, 9.17) is 47.5 Å². The second-order valence-electron chi connectivity index (χ2n) is 38.9. The average molecular weight is 2450 g/mol. The molecule has 0 unspecified atom stereocenters. The molecule has 725 valence electrons. The summed E-state index contributed by atoms with van der Waals surface area (Å²) in [4.78, 5) is 39.3. The first kappa shape index (κ1) is 77.3. The van der Waals surface area contributed by atoms with Crippen molar-refractivity contribution >= 4 is 106 Å². The van der Waals surface area contributed by atoms with E-state index in [1.165, 1.54) is 60.9 Å². The predicted octanol–water partition coefficient (Wildman–Crippen LogP) is 29.9. The predicted molar refractivity (Wildman–Crippen MR) is 571 cm³/mol. The molecule has 1 saturated carbocycles. The van der Waals surface area contributed by atoms with Crippen molar-refractivity contribution in [1.82, 2.24) is 44.9 Å². The molecule has 2 aliphatic carbocycles. The molecule has 139 heavy (non-hydrogen) atoms. The zero-order valence-corrected chi connectivity index (χ0v) is 91.6. The minimum absolute atomic E-state index is 0. The molecule has 0 N–H and O–H groups in total. The molecular weight excluding hydrogens is 2300 g/mol. The van der Waals surface area contributed by atoms with Crippen molar-refractivity contribution in [2.75, 3.05) is 0 Å². The number of rotatable bonds is 17. The van der Waals surface area contributed by atoms with Gasteiger partial charge in [0.05, 0.1) is 41.0 Å². The molecule has 2 aliphatic rings. The molecule has 1 fully saturated rings. The van der Waals surface area contributed by atoms with Gasteiger partial charge in [-0.15, -0.1) is 156 Å². The van der Waals surface area contributed by atoms with Gasteiger partial charge in [-0.2, -0.15) is 0 Å². The molecule has 12 heterocycles. The van der Waals surface area contributed by atoms with Crippen LogP contribution in [0.25, 0.3) is 134 Å². The van der Waals surface area contributed by atoms with Crippen LogP contribution in [0.3, 0.4) is 0 Å². The van der Waals surface area contributed by atoms with E-state index < -0.39 is 107 Å². The number of fused-ring (bicyclic) bond motifs is 10. The Labute approximate surface area is 902 Å². The summed E-state index contributed by atoms with van der Waals surface area (Å²) >= 11 is 0. The largest absolute Gasteiger partial charge is 0.486 e. The average Bonchev–Trinajstić information content (AvgIpc) is 1.55. The minimum atomic E-state index is -2.52.